The fraction of sp³-hybridized carbons (Fsp3) is 0.0952. The van der Waals surface area contributed by atoms with Gasteiger partial charge in [-0.05, 0) is 24.3 Å². The van der Waals surface area contributed by atoms with Gasteiger partial charge in [0.2, 0.25) is 5.78 Å². The monoisotopic (exact) mass is 408 g/mol. The van der Waals surface area contributed by atoms with Crippen molar-refractivity contribution in [3.8, 4) is 0 Å². The highest BCUT2D eigenvalue weighted by molar-refractivity contribution is 6.01. The minimum Gasteiger partial charge on any atom is -0.459 e. The maximum atomic E-state index is 12.9. The molecule has 0 spiro atoms. The lowest BCUT2D eigenvalue weighted by Gasteiger charge is -2.17. The highest BCUT2D eigenvalue weighted by atomic mass is 16.6. The van der Waals surface area contributed by atoms with Crippen LogP contribution in [0.1, 0.15) is 32.6 Å². The molecule has 0 saturated carbocycles. The second-order valence-corrected chi connectivity index (χ2v) is 6.11. The van der Waals surface area contributed by atoms with E-state index in [1.165, 1.54) is 42.7 Å². The number of Topliss-reactive ketones (excluding diaryl/α,β-unsaturated/α-hetero) is 1. The van der Waals surface area contributed by atoms with E-state index in [0.29, 0.717) is 5.56 Å². The zero-order valence-corrected chi connectivity index (χ0v) is 15.5. The van der Waals surface area contributed by atoms with E-state index in [0.717, 1.165) is 0 Å². The summed E-state index contributed by atoms with van der Waals surface area (Å²) < 4.78 is 10.2. The minimum atomic E-state index is -1.33. The fourth-order valence-electron chi connectivity index (χ4n) is 2.62. The summed E-state index contributed by atoms with van der Waals surface area (Å²) in [6, 6.07) is 16.2. The number of furan rings is 1. The molecule has 0 aliphatic heterocycles. The maximum absolute atomic E-state index is 12.9. The van der Waals surface area contributed by atoms with Crippen molar-refractivity contribution in [3.05, 3.63) is 100.0 Å². The number of esters is 1. The number of hydrogen-bond donors (Lipinski definition) is 1. The van der Waals surface area contributed by atoms with Crippen LogP contribution < -0.4 is 5.32 Å². The molecule has 9 nitrogen and oxygen atoms in total. The number of amides is 1. The van der Waals surface area contributed by atoms with Crippen LogP contribution in [0.2, 0.25) is 0 Å². The van der Waals surface area contributed by atoms with Crippen LogP contribution >= 0.6 is 0 Å². The van der Waals surface area contributed by atoms with E-state index >= 15 is 0 Å². The molecule has 1 N–H and O–H groups in total. The van der Waals surface area contributed by atoms with Crippen molar-refractivity contribution in [2.75, 3.05) is 6.54 Å². The molecule has 1 amide bonds. The van der Waals surface area contributed by atoms with E-state index in [1.807, 2.05) is 0 Å². The normalized spacial score (nSPS) is 11.3. The predicted molar refractivity (Wildman–Crippen MR) is 104 cm³/mol. The summed E-state index contributed by atoms with van der Waals surface area (Å²) in [5.74, 6) is -1.95. The van der Waals surface area contributed by atoms with Gasteiger partial charge in [0.05, 0.1) is 11.2 Å². The van der Waals surface area contributed by atoms with E-state index < -0.39 is 35.2 Å². The number of hydrogen-bond acceptors (Lipinski definition) is 7. The number of nitrogens with one attached hydrogen (secondary N) is 1. The second-order valence-electron chi connectivity index (χ2n) is 6.11. The van der Waals surface area contributed by atoms with Crippen molar-refractivity contribution in [2.24, 2.45) is 0 Å². The Morgan fingerprint density at radius 1 is 1.00 bits per heavy atom. The summed E-state index contributed by atoms with van der Waals surface area (Å²) in [5, 5.41) is 13.2. The Balaban J connectivity index is 1.76. The number of benzene rings is 2. The second kappa shape index (κ2) is 9.28. The lowest BCUT2D eigenvalue weighted by Crippen LogP contribution is -2.32. The largest absolute Gasteiger partial charge is 0.459 e. The summed E-state index contributed by atoms with van der Waals surface area (Å²) >= 11 is 0. The average molecular weight is 408 g/mol. The van der Waals surface area contributed by atoms with Crippen molar-refractivity contribution in [1.29, 1.82) is 0 Å². The molecular formula is C21H16N2O7. The van der Waals surface area contributed by atoms with Gasteiger partial charge in [-0.25, -0.2) is 0 Å². The molecule has 1 atom stereocenters. The van der Waals surface area contributed by atoms with Gasteiger partial charge >= 0.3 is 5.97 Å². The van der Waals surface area contributed by atoms with Crippen molar-refractivity contribution >= 4 is 23.3 Å². The summed E-state index contributed by atoms with van der Waals surface area (Å²) in [5.41, 5.74) is 0.398. The summed E-state index contributed by atoms with van der Waals surface area (Å²) in [4.78, 5) is 47.4. The van der Waals surface area contributed by atoms with Crippen LogP contribution in [-0.4, -0.2) is 29.1 Å². The number of carbonyl (C=O) groups excluding carboxylic acids is 3. The predicted octanol–water partition coefficient (Wildman–Crippen LogP) is 3.09. The third-order valence-electron chi connectivity index (χ3n) is 4.09. The molecule has 0 radical (unpaired) electrons. The lowest BCUT2D eigenvalue weighted by molar-refractivity contribution is -0.384. The molecule has 152 valence electrons. The summed E-state index contributed by atoms with van der Waals surface area (Å²) in [6.45, 7) is -0.495. The molecule has 1 aromatic heterocycles. The third kappa shape index (κ3) is 4.96. The van der Waals surface area contributed by atoms with Gasteiger partial charge in [-0.1, -0.05) is 30.3 Å². The molecule has 9 heteroatoms. The number of carbonyl (C=O) groups is 3. The molecule has 3 aromatic rings. The minimum absolute atomic E-state index is 0.0232. The molecule has 3 rings (SSSR count). The SMILES string of the molecule is O=C(CNC(=O)c1ccco1)O[C@H](C(=O)c1ccccc1)c1ccc([N+](=O)[O-])cc1. The van der Waals surface area contributed by atoms with E-state index in [9.17, 15) is 24.5 Å². The molecule has 0 fully saturated rings. The number of rotatable bonds is 8. The number of ketones is 1. The van der Waals surface area contributed by atoms with Gasteiger partial charge in [-0.2, -0.15) is 0 Å². The van der Waals surface area contributed by atoms with Crippen molar-refractivity contribution in [3.63, 3.8) is 0 Å². The summed E-state index contributed by atoms with van der Waals surface area (Å²) in [6.07, 6.45) is -0.0163. The van der Waals surface area contributed by atoms with Crippen LogP contribution in [0.4, 0.5) is 5.69 Å². The lowest BCUT2D eigenvalue weighted by atomic mass is 9.99. The van der Waals surface area contributed by atoms with E-state index in [4.69, 9.17) is 9.15 Å². The number of ether oxygens (including phenoxy) is 1. The van der Waals surface area contributed by atoms with E-state index in [2.05, 4.69) is 5.32 Å². The van der Waals surface area contributed by atoms with Crippen LogP contribution in [-0.2, 0) is 9.53 Å². The zero-order valence-electron chi connectivity index (χ0n) is 15.5. The zero-order chi connectivity index (χ0) is 21.5. The van der Waals surface area contributed by atoms with Gasteiger partial charge < -0.3 is 14.5 Å². The standard InChI is InChI=1S/C21H16N2O7/c24-18(13-22-21(26)17-7-4-12-29-17)30-20(19(25)14-5-2-1-3-6-14)15-8-10-16(11-9-15)23(27)28/h1-12,20H,13H2,(H,22,26)/t20-/m0/s1. The Bertz CT molecular complexity index is 1040. The Labute approximate surface area is 170 Å². The van der Waals surface area contributed by atoms with Gasteiger partial charge in [-0.3, -0.25) is 24.5 Å². The third-order valence-corrected chi connectivity index (χ3v) is 4.09. The number of nitro groups is 1. The van der Waals surface area contributed by atoms with Crippen molar-refractivity contribution in [1.82, 2.24) is 5.32 Å². The van der Waals surface area contributed by atoms with Gasteiger partial charge in [-0.15, -0.1) is 0 Å². The van der Waals surface area contributed by atoms with Gasteiger partial charge in [0.1, 0.15) is 6.54 Å². The van der Waals surface area contributed by atoms with Crippen LogP contribution in [0.5, 0.6) is 0 Å². The molecule has 0 saturated heterocycles. The van der Waals surface area contributed by atoms with Crippen LogP contribution in [0.15, 0.2) is 77.4 Å². The van der Waals surface area contributed by atoms with Gasteiger partial charge in [0.15, 0.2) is 11.9 Å². The highest BCUT2D eigenvalue weighted by Gasteiger charge is 2.27. The molecule has 30 heavy (non-hydrogen) atoms. The molecule has 0 bridgehead atoms. The maximum Gasteiger partial charge on any atom is 0.326 e. The first kappa shape index (κ1) is 20.5. The molecule has 0 unspecified atom stereocenters. The van der Waals surface area contributed by atoms with Crippen LogP contribution in [0.3, 0.4) is 0 Å². The van der Waals surface area contributed by atoms with Gasteiger partial charge in [0.25, 0.3) is 11.6 Å². The molecule has 2 aromatic carbocycles. The molecule has 0 aliphatic rings. The smallest absolute Gasteiger partial charge is 0.326 e. The Hall–Kier alpha value is -4.27. The number of non-ortho nitro benzene ring substituents is 1. The average Bonchev–Trinajstić information content (AvgIpc) is 3.31. The topological polar surface area (TPSA) is 129 Å². The van der Waals surface area contributed by atoms with Crippen molar-refractivity contribution < 1.29 is 28.5 Å². The quantitative estimate of drug-likeness (QED) is 0.262. The Morgan fingerprint density at radius 2 is 1.70 bits per heavy atom. The summed E-state index contributed by atoms with van der Waals surface area (Å²) in [7, 11) is 0. The molecule has 0 aliphatic carbocycles. The van der Waals surface area contributed by atoms with Gasteiger partial charge in [0, 0.05) is 23.3 Å². The first-order chi connectivity index (χ1) is 14.5. The van der Waals surface area contributed by atoms with E-state index in [1.54, 1.807) is 30.3 Å². The Kier molecular flexibility index (Phi) is 6.33. The number of nitro benzene ring substituents is 1. The Morgan fingerprint density at radius 3 is 2.30 bits per heavy atom. The number of nitrogens with zero attached hydrogens (tertiary/aromatic N) is 1. The first-order valence-electron chi connectivity index (χ1n) is 8.80. The van der Waals surface area contributed by atoms with E-state index in [-0.39, 0.29) is 17.0 Å². The van der Waals surface area contributed by atoms with Crippen LogP contribution in [0, 0.1) is 10.1 Å². The highest BCUT2D eigenvalue weighted by Crippen LogP contribution is 2.25. The first-order valence-corrected chi connectivity index (χ1v) is 8.80. The molecule has 1 heterocycles. The fourth-order valence-corrected chi connectivity index (χ4v) is 2.62. The van der Waals surface area contributed by atoms with Crippen molar-refractivity contribution in [2.45, 2.75) is 6.10 Å². The van der Waals surface area contributed by atoms with Crippen LogP contribution in [0.25, 0.3) is 0 Å². The molecular weight excluding hydrogens is 392 g/mol.